The first-order valence-corrected chi connectivity index (χ1v) is 9.76. The molecule has 2 unspecified atom stereocenters. The summed E-state index contributed by atoms with van der Waals surface area (Å²) >= 11 is 5.85. The van der Waals surface area contributed by atoms with Gasteiger partial charge in [-0.25, -0.2) is 14.4 Å². The quantitative estimate of drug-likeness (QED) is 0.734. The standard InChI is InChI=1S/C21H23ClFN3O3/c1-3-15-14(8-13-4-5-19(22)24-10-13)9-17(25-20(15)12(2)23)21(28)26-16-6-7-29-11-18(16)27/h3-5,9-10,16,18,27H,6-8,11H2,1-2H3,(H,26,28). The van der Waals surface area contributed by atoms with Crippen LogP contribution in [0.15, 0.2) is 24.4 Å². The van der Waals surface area contributed by atoms with Crippen molar-refractivity contribution in [1.82, 2.24) is 15.3 Å². The van der Waals surface area contributed by atoms with E-state index in [2.05, 4.69) is 15.3 Å². The van der Waals surface area contributed by atoms with Gasteiger partial charge >= 0.3 is 0 Å². The molecule has 0 spiro atoms. The SMILES string of the molecule is CC=c1c(Cc2ccc(Cl)nc2)cc(C(=O)NC2CCOCC2O)nc1=C(C)F. The predicted octanol–water partition coefficient (Wildman–Crippen LogP) is 1.50. The van der Waals surface area contributed by atoms with E-state index < -0.39 is 23.9 Å². The lowest BCUT2D eigenvalue weighted by molar-refractivity contribution is -0.0261. The third kappa shape index (κ3) is 5.18. The Hall–Kier alpha value is -2.35. The molecule has 1 amide bonds. The molecule has 0 aromatic carbocycles. The smallest absolute Gasteiger partial charge is 0.270 e. The van der Waals surface area contributed by atoms with Crippen LogP contribution in [0.1, 0.15) is 41.9 Å². The van der Waals surface area contributed by atoms with Crippen LogP contribution in [-0.4, -0.2) is 46.3 Å². The van der Waals surface area contributed by atoms with Gasteiger partial charge in [0, 0.05) is 18.0 Å². The van der Waals surface area contributed by atoms with Gasteiger partial charge in [-0.05, 0) is 49.9 Å². The summed E-state index contributed by atoms with van der Waals surface area (Å²) in [4.78, 5) is 21.1. The molecule has 1 aliphatic heterocycles. The Bertz CT molecular complexity index is 1010. The highest BCUT2D eigenvalue weighted by Crippen LogP contribution is 2.11. The zero-order chi connectivity index (χ0) is 21.0. The zero-order valence-corrected chi connectivity index (χ0v) is 17.0. The molecule has 154 valence electrons. The van der Waals surface area contributed by atoms with Gasteiger partial charge in [0.15, 0.2) is 0 Å². The highest BCUT2D eigenvalue weighted by molar-refractivity contribution is 6.29. The molecule has 2 aromatic heterocycles. The first-order chi connectivity index (χ1) is 13.9. The van der Waals surface area contributed by atoms with Crippen LogP contribution in [0.2, 0.25) is 5.15 Å². The lowest BCUT2D eigenvalue weighted by Gasteiger charge is -2.28. The molecular weight excluding hydrogens is 397 g/mol. The number of nitrogens with zero attached hydrogens (tertiary/aromatic N) is 2. The van der Waals surface area contributed by atoms with Crippen molar-refractivity contribution in [2.24, 2.45) is 0 Å². The van der Waals surface area contributed by atoms with E-state index in [9.17, 15) is 14.3 Å². The number of amides is 1. The molecule has 0 radical (unpaired) electrons. The Morgan fingerprint density at radius 1 is 1.48 bits per heavy atom. The van der Waals surface area contributed by atoms with Crippen molar-refractivity contribution in [2.45, 2.75) is 38.8 Å². The summed E-state index contributed by atoms with van der Waals surface area (Å²) in [5.41, 5.74) is 1.71. The first kappa shape index (κ1) is 21.4. The summed E-state index contributed by atoms with van der Waals surface area (Å²) in [5, 5.41) is 13.9. The van der Waals surface area contributed by atoms with Crippen LogP contribution in [0.5, 0.6) is 0 Å². The highest BCUT2D eigenvalue weighted by Gasteiger charge is 2.26. The highest BCUT2D eigenvalue weighted by atomic mass is 35.5. The predicted molar refractivity (Wildman–Crippen MR) is 109 cm³/mol. The maximum absolute atomic E-state index is 14.2. The van der Waals surface area contributed by atoms with Gasteiger partial charge in [0.2, 0.25) is 0 Å². The normalized spacial score (nSPS) is 21.1. The molecule has 0 bridgehead atoms. The number of aliphatic hydroxyl groups is 1. The average Bonchev–Trinajstić information content (AvgIpc) is 2.70. The molecule has 1 aliphatic rings. The largest absolute Gasteiger partial charge is 0.389 e. The lowest BCUT2D eigenvalue weighted by atomic mass is 10.0. The Morgan fingerprint density at radius 2 is 2.28 bits per heavy atom. The number of rotatable bonds is 4. The van der Waals surface area contributed by atoms with Gasteiger partial charge in [0.05, 0.1) is 18.8 Å². The van der Waals surface area contributed by atoms with Crippen molar-refractivity contribution < 1.29 is 19.0 Å². The fraction of sp³-hybridized carbons (Fsp3) is 0.381. The third-order valence-electron chi connectivity index (χ3n) is 4.82. The minimum Gasteiger partial charge on any atom is -0.389 e. The molecule has 0 aliphatic carbocycles. The van der Waals surface area contributed by atoms with Crippen molar-refractivity contribution in [1.29, 1.82) is 0 Å². The Kier molecular flexibility index (Phi) is 6.95. The van der Waals surface area contributed by atoms with Crippen LogP contribution in [0.4, 0.5) is 4.39 Å². The fourth-order valence-corrected chi connectivity index (χ4v) is 3.43. The number of carbonyl (C=O) groups excluding carboxylic acids is 1. The van der Waals surface area contributed by atoms with E-state index in [0.29, 0.717) is 29.8 Å². The zero-order valence-electron chi connectivity index (χ0n) is 16.3. The van der Waals surface area contributed by atoms with Crippen molar-refractivity contribution in [3.63, 3.8) is 0 Å². The summed E-state index contributed by atoms with van der Waals surface area (Å²) in [6, 6.07) is 4.73. The molecule has 1 saturated heterocycles. The monoisotopic (exact) mass is 419 g/mol. The van der Waals surface area contributed by atoms with Gasteiger partial charge in [-0.1, -0.05) is 23.7 Å². The summed E-state index contributed by atoms with van der Waals surface area (Å²) in [7, 11) is 0. The Morgan fingerprint density at radius 3 is 2.90 bits per heavy atom. The van der Waals surface area contributed by atoms with E-state index in [4.69, 9.17) is 16.3 Å². The van der Waals surface area contributed by atoms with Crippen molar-refractivity contribution in [3.8, 4) is 0 Å². The first-order valence-electron chi connectivity index (χ1n) is 9.39. The lowest BCUT2D eigenvalue weighted by Crippen LogP contribution is -2.49. The number of aromatic nitrogens is 2. The van der Waals surface area contributed by atoms with Crippen LogP contribution in [-0.2, 0) is 11.2 Å². The maximum Gasteiger partial charge on any atom is 0.270 e. The van der Waals surface area contributed by atoms with Gasteiger partial charge < -0.3 is 15.2 Å². The minimum absolute atomic E-state index is 0.0956. The van der Waals surface area contributed by atoms with Crippen molar-refractivity contribution >= 4 is 29.4 Å². The molecule has 6 nitrogen and oxygen atoms in total. The molecule has 3 rings (SSSR count). The molecule has 8 heteroatoms. The van der Waals surface area contributed by atoms with E-state index in [1.54, 1.807) is 31.3 Å². The van der Waals surface area contributed by atoms with Gasteiger partial charge in [-0.2, -0.15) is 0 Å². The molecule has 1 fully saturated rings. The van der Waals surface area contributed by atoms with Crippen molar-refractivity contribution in [2.75, 3.05) is 13.2 Å². The summed E-state index contributed by atoms with van der Waals surface area (Å²) < 4.78 is 19.4. The number of carbonyl (C=O) groups is 1. The van der Waals surface area contributed by atoms with Crippen LogP contribution in [0.3, 0.4) is 0 Å². The molecule has 2 aromatic rings. The van der Waals surface area contributed by atoms with E-state index in [0.717, 1.165) is 11.1 Å². The van der Waals surface area contributed by atoms with Crippen LogP contribution < -0.4 is 15.9 Å². The number of aliphatic hydroxyl groups excluding tert-OH is 1. The van der Waals surface area contributed by atoms with Gasteiger partial charge in [0.25, 0.3) is 5.91 Å². The van der Waals surface area contributed by atoms with Gasteiger partial charge in [0.1, 0.15) is 22.0 Å². The second kappa shape index (κ2) is 9.43. The molecule has 0 saturated carbocycles. The Labute approximate surface area is 173 Å². The minimum atomic E-state index is -0.787. The van der Waals surface area contributed by atoms with Crippen LogP contribution in [0, 0.1) is 0 Å². The molecule has 29 heavy (non-hydrogen) atoms. The van der Waals surface area contributed by atoms with E-state index >= 15 is 0 Å². The topological polar surface area (TPSA) is 84.3 Å². The number of hydrogen-bond acceptors (Lipinski definition) is 5. The van der Waals surface area contributed by atoms with Crippen LogP contribution >= 0.6 is 11.6 Å². The number of pyridine rings is 2. The van der Waals surface area contributed by atoms with E-state index in [1.165, 1.54) is 6.92 Å². The summed E-state index contributed by atoms with van der Waals surface area (Å²) in [6.07, 6.45) is 3.56. The molecular formula is C21H23ClFN3O3. The number of nitrogens with one attached hydrogen (secondary N) is 1. The maximum atomic E-state index is 14.2. The van der Waals surface area contributed by atoms with Gasteiger partial charge in [-0.3, -0.25) is 4.79 Å². The second-order valence-electron chi connectivity index (χ2n) is 6.93. The van der Waals surface area contributed by atoms with Gasteiger partial charge in [-0.15, -0.1) is 0 Å². The summed E-state index contributed by atoms with van der Waals surface area (Å²) in [6.45, 7) is 3.73. The molecule has 3 heterocycles. The number of halogens is 2. The average molecular weight is 420 g/mol. The second-order valence-corrected chi connectivity index (χ2v) is 7.32. The van der Waals surface area contributed by atoms with Crippen molar-refractivity contribution in [3.05, 3.63) is 56.9 Å². The van der Waals surface area contributed by atoms with Crippen LogP contribution in [0.25, 0.3) is 11.9 Å². The number of hydrogen-bond donors (Lipinski definition) is 2. The molecule has 2 atom stereocenters. The number of ether oxygens (including phenoxy) is 1. The fourth-order valence-electron chi connectivity index (χ4n) is 3.32. The molecule has 2 N–H and O–H groups in total. The van der Waals surface area contributed by atoms with E-state index in [1.807, 2.05) is 6.07 Å². The third-order valence-corrected chi connectivity index (χ3v) is 5.04. The van der Waals surface area contributed by atoms with E-state index in [-0.39, 0.29) is 17.6 Å². The summed E-state index contributed by atoms with van der Waals surface area (Å²) in [5.74, 6) is -0.939. The Balaban J connectivity index is 1.99.